The Labute approximate surface area is 148 Å². The van der Waals surface area contributed by atoms with Crippen molar-refractivity contribution in [3.8, 4) is 0 Å². The molecule has 1 amide bonds. The zero-order valence-electron chi connectivity index (χ0n) is 14.1. The third-order valence-electron chi connectivity index (χ3n) is 4.32. The number of nitrogens with zero attached hydrogens (tertiary/aromatic N) is 4. The summed E-state index contributed by atoms with van der Waals surface area (Å²) in [6.07, 6.45) is 1.44. The molecule has 3 heterocycles. The molecule has 1 aliphatic heterocycles. The van der Waals surface area contributed by atoms with Crippen LogP contribution in [0.25, 0.3) is 11.0 Å². The van der Waals surface area contributed by atoms with Crippen LogP contribution >= 0.6 is 0 Å². The van der Waals surface area contributed by atoms with E-state index in [9.17, 15) is 9.59 Å². The van der Waals surface area contributed by atoms with Crippen molar-refractivity contribution < 1.29 is 9.53 Å². The summed E-state index contributed by atoms with van der Waals surface area (Å²) < 4.78 is 6.85. The highest BCUT2D eigenvalue weighted by Gasteiger charge is 2.33. The summed E-state index contributed by atoms with van der Waals surface area (Å²) in [5, 5.41) is 7.16. The normalized spacial score (nSPS) is 19.6. The minimum atomic E-state index is -0.372. The van der Waals surface area contributed by atoms with Crippen LogP contribution in [0, 0.1) is 6.92 Å². The predicted octanol–water partition coefficient (Wildman–Crippen LogP) is 0.865. The number of para-hydroxylation sites is 2. The first kappa shape index (κ1) is 16.3. The van der Waals surface area contributed by atoms with E-state index in [0.717, 1.165) is 11.2 Å². The Morgan fingerprint density at radius 1 is 1.19 bits per heavy atom. The maximum Gasteiger partial charge on any atom is 0.271 e. The molecule has 0 radical (unpaired) electrons. The van der Waals surface area contributed by atoms with E-state index in [-0.39, 0.29) is 29.2 Å². The molecular formula is C18H17N5O3. The van der Waals surface area contributed by atoms with Crippen LogP contribution in [-0.2, 0) is 4.74 Å². The molecule has 2 atom stereocenters. The van der Waals surface area contributed by atoms with Crippen LogP contribution in [0.2, 0.25) is 0 Å². The van der Waals surface area contributed by atoms with Crippen LogP contribution < -0.4 is 10.9 Å². The molecule has 3 aromatic rings. The number of hydrogen-bond donors (Lipinski definition) is 1. The van der Waals surface area contributed by atoms with Gasteiger partial charge in [-0.3, -0.25) is 14.6 Å². The lowest BCUT2D eigenvalue weighted by atomic mass is 10.1. The molecule has 1 N–H and O–H groups in total. The predicted molar refractivity (Wildman–Crippen MR) is 93.9 cm³/mol. The van der Waals surface area contributed by atoms with E-state index in [0.29, 0.717) is 18.7 Å². The maximum absolute atomic E-state index is 12.6. The van der Waals surface area contributed by atoms with Crippen molar-refractivity contribution in [2.24, 2.45) is 0 Å². The highest BCUT2D eigenvalue weighted by Crippen LogP contribution is 2.18. The number of aryl methyl sites for hydroxylation is 1. The standard InChI is InChI=1S/C18H17N5O3/c1-11-6-7-17(24)23(22-11)16-10-26-9-15(16)21-18(25)14-8-19-12-4-2-3-5-13(12)20-14/h2-8,15-16H,9-10H2,1H3,(H,21,25). The zero-order chi connectivity index (χ0) is 18.1. The number of nitrogens with one attached hydrogen (secondary N) is 1. The number of carbonyl (C=O) groups excluding carboxylic acids is 1. The molecule has 0 saturated carbocycles. The number of hydrogen-bond acceptors (Lipinski definition) is 6. The van der Waals surface area contributed by atoms with Gasteiger partial charge in [0.05, 0.1) is 42.2 Å². The number of carbonyl (C=O) groups is 1. The summed E-state index contributed by atoms with van der Waals surface area (Å²) in [4.78, 5) is 33.3. The molecule has 1 aliphatic rings. The molecule has 2 unspecified atom stereocenters. The van der Waals surface area contributed by atoms with Crippen molar-refractivity contribution in [1.82, 2.24) is 25.1 Å². The second kappa shape index (κ2) is 6.64. The fraction of sp³-hybridized carbons (Fsp3) is 0.278. The monoisotopic (exact) mass is 351 g/mol. The number of aromatic nitrogens is 4. The van der Waals surface area contributed by atoms with E-state index in [1.807, 2.05) is 25.1 Å². The highest BCUT2D eigenvalue weighted by atomic mass is 16.5. The van der Waals surface area contributed by atoms with Crippen LogP contribution in [-0.4, -0.2) is 44.9 Å². The fourth-order valence-electron chi connectivity index (χ4n) is 2.99. The molecule has 1 aromatic carbocycles. The Morgan fingerprint density at radius 2 is 2.00 bits per heavy atom. The molecule has 0 spiro atoms. The van der Waals surface area contributed by atoms with Gasteiger partial charge in [0, 0.05) is 6.07 Å². The second-order valence-electron chi connectivity index (χ2n) is 6.19. The summed E-state index contributed by atoms with van der Waals surface area (Å²) in [5.74, 6) is -0.357. The Bertz CT molecular complexity index is 1030. The maximum atomic E-state index is 12.6. The van der Waals surface area contributed by atoms with Gasteiger partial charge >= 0.3 is 0 Å². The molecule has 26 heavy (non-hydrogen) atoms. The van der Waals surface area contributed by atoms with Crippen molar-refractivity contribution in [2.45, 2.75) is 19.0 Å². The number of fused-ring (bicyclic) bond motifs is 1. The molecule has 132 valence electrons. The van der Waals surface area contributed by atoms with Crippen LogP contribution in [0.5, 0.6) is 0 Å². The molecule has 0 bridgehead atoms. The number of amides is 1. The second-order valence-corrected chi connectivity index (χ2v) is 6.19. The van der Waals surface area contributed by atoms with Gasteiger partial charge in [0.15, 0.2) is 0 Å². The molecule has 0 aliphatic carbocycles. The van der Waals surface area contributed by atoms with Gasteiger partial charge in [-0.25, -0.2) is 9.67 Å². The Hall–Kier alpha value is -3.13. The lowest BCUT2D eigenvalue weighted by molar-refractivity contribution is 0.0919. The average Bonchev–Trinajstić information content (AvgIpc) is 3.11. The summed E-state index contributed by atoms with van der Waals surface area (Å²) in [6, 6.07) is 9.74. The Kier molecular flexibility index (Phi) is 4.18. The fourth-order valence-corrected chi connectivity index (χ4v) is 2.99. The van der Waals surface area contributed by atoms with Gasteiger partial charge in [-0.05, 0) is 25.1 Å². The molecule has 2 aromatic heterocycles. The first-order valence-electron chi connectivity index (χ1n) is 8.29. The smallest absolute Gasteiger partial charge is 0.271 e. The van der Waals surface area contributed by atoms with Crippen LogP contribution in [0.3, 0.4) is 0 Å². The molecule has 8 nitrogen and oxygen atoms in total. The first-order chi connectivity index (χ1) is 12.6. The van der Waals surface area contributed by atoms with Crippen molar-refractivity contribution in [2.75, 3.05) is 13.2 Å². The summed E-state index contributed by atoms with van der Waals surface area (Å²) in [5.41, 5.74) is 2.09. The third-order valence-corrected chi connectivity index (χ3v) is 4.32. The minimum absolute atomic E-state index is 0.221. The molecule has 4 rings (SSSR count). The largest absolute Gasteiger partial charge is 0.377 e. The van der Waals surface area contributed by atoms with E-state index in [2.05, 4.69) is 20.4 Å². The third kappa shape index (κ3) is 3.06. The van der Waals surface area contributed by atoms with E-state index in [1.165, 1.54) is 16.9 Å². The van der Waals surface area contributed by atoms with E-state index >= 15 is 0 Å². The van der Waals surface area contributed by atoms with Gasteiger partial charge in [-0.2, -0.15) is 5.10 Å². The first-order valence-corrected chi connectivity index (χ1v) is 8.29. The minimum Gasteiger partial charge on any atom is -0.377 e. The lowest BCUT2D eigenvalue weighted by Gasteiger charge is -2.20. The Balaban J connectivity index is 1.57. The van der Waals surface area contributed by atoms with Gasteiger partial charge in [-0.1, -0.05) is 12.1 Å². The molecular weight excluding hydrogens is 334 g/mol. The Morgan fingerprint density at radius 3 is 2.85 bits per heavy atom. The SMILES string of the molecule is Cc1ccc(=O)n(C2COCC2NC(=O)c2cnc3ccccc3n2)n1. The van der Waals surface area contributed by atoms with Crippen molar-refractivity contribution in [3.63, 3.8) is 0 Å². The van der Waals surface area contributed by atoms with Gasteiger partial charge in [0.25, 0.3) is 11.5 Å². The van der Waals surface area contributed by atoms with Crippen molar-refractivity contribution >= 4 is 16.9 Å². The zero-order valence-corrected chi connectivity index (χ0v) is 14.1. The average molecular weight is 351 g/mol. The van der Waals surface area contributed by atoms with Crippen molar-refractivity contribution in [3.05, 3.63) is 64.3 Å². The van der Waals surface area contributed by atoms with E-state index in [4.69, 9.17) is 4.74 Å². The number of rotatable bonds is 3. The highest BCUT2D eigenvalue weighted by molar-refractivity contribution is 5.94. The van der Waals surface area contributed by atoms with Crippen molar-refractivity contribution in [1.29, 1.82) is 0 Å². The van der Waals surface area contributed by atoms with E-state index in [1.54, 1.807) is 12.1 Å². The quantitative estimate of drug-likeness (QED) is 0.752. The van der Waals surface area contributed by atoms with Gasteiger partial charge in [0.1, 0.15) is 11.7 Å². The van der Waals surface area contributed by atoms with Gasteiger partial charge < -0.3 is 10.1 Å². The van der Waals surface area contributed by atoms with E-state index < -0.39 is 0 Å². The van der Waals surface area contributed by atoms with Crippen LogP contribution in [0.4, 0.5) is 0 Å². The van der Waals surface area contributed by atoms with Gasteiger partial charge in [-0.15, -0.1) is 0 Å². The van der Waals surface area contributed by atoms with Gasteiger partial charge in [0.2, 0.25) is 0 Å². The summed E-state index contributed by atoms with van der Waals surface area (Å²) in [7, 11) is 0. The molecule has 8 heteroatoms. The van der Waals surface area contributed by atoms with Crippen LogP contribution in [0.15, 0.2) is 47.4 Å². The molecule has 1 fully saturated rings. The number of ether oxygens (including phenoxy) is 1. The topological polar surface area (TPSA) is 99.0 Å². The number of benzene rings is 1. The summed E-state index contributed by atoms with van der Waals surface area (Å²) >= 11 is 0. The lowest BCUT2D eigenvalue weighted by Crippen LogP contribution is -2.44. The molecule has 1 saturated heterocycles. The summed E-state index contributed by atoms with van der Waals surface area (Å²) in [6.45, 7) is 2.42. The van der Waals surface area contributed by atoms with Crippen LogP contribution in [0.1, 0.15) is 22.2 Å².